The van der Waals surface area contributed by atoms with Crippen molar-refractivity contribution in [2.75, 3.05) is 6.54 Å². The molecule has 0 heterocycles. The molecule has 0 aliphatic rings. The van der Waals surface area contributed by atoms with E-state index in [1.807, 2.05) is 50.2 Å². The van der Waals surface area contributed by atoms with Crippen LogP contribution in [0.1, 0.15) is 23.6 Å². The minimum atomic E-state index is -1.00. The second-order valence-corrected chi connectivity index (χ2v) is 5.37. The van der Waals surface area contributed by atoms with Crippen molar-refractivity contribution in [1.82, 2.24) is 0 Å². The Morgan fingerprint density at radius 2 is 1.75 bits per heavy atom. The first kappa shape index (κ1) is 14.6. The molecular weight excluding hydrogens is 250 g/mol. The molecule has 0 radical (unpaired) electrons. The average molecular weight is 271 g/mol. The van der Waals surface area contributed by atoms with E-state index in [0.29, 0.717) is 0 Å². The van der Waals surface area contributed by atoms with Crippen molar-refractivity contribution >= 4 is 0 Å². The fraction of sp³-hybridized carbons (Fsp3) is 0.294. The summed E-state index contributed by atoms with van der Waals surface area (Å²) in [5.41, 5.74) is 7.59. The predicted molar refractivity (Wildman–Crippen MR) is 81.1 cm³/mol. The third kappa shape index (κ3) is 3.18. The summed E-state index contributed by atoms with van der Waals surface area (Å²) < 4.78 is 5.88. The van der Waals surface area contributed by atoms with E-state index < -0.39 is 5.60 Å². The SMILES string of the molecule is Cc1ccc(C)c(Oc2ccc(C(C)(O)CN)cc2)c1. The lowest BCUT2D eigenvalue weighted by molar-refractivity contribution is 0.0668. The normalized spacial score (nSPS) is 13.8. The lowest BCUT2D eigenvalue weighted by Crippen LogP contribution is -2.31. The number of rotatable bonds is 4. The molecule has 0 fully saturated rings. The van der Waals surface area contributed by atoms with E-state index in [1.54, 1.807) is 6.92 Å². The zero-order chi connectivity index (χ0) is 14.8. The highest BCUT2D eigenvalue weighted by atomic mass is 16.5. The van der Waals surface area contributed by atoms with E-state index >= 15 is 0 Å². The molecule has 2 rings (SSSR count). The van der Waals surface area contributed by atoms with Crippen LogP contribution < -0.4 is 10.5 Å². The first-order valence-electron chi connectivity index (χ1n) is 6.70. The summed E-state index contributed by atoms with van der Waals surface area (Å²) in [7, 11) is 0. The number of hydrogen-bond donors (Lipinski definition) is 2. The van der Waals surface area contributed by atoms with Gasteiger partial charge < -0.3 is 15.6 Å². The van der Waals surface area contributed by atoms with Crippen molar-refractivity contribution < 1.29 is 9.84 Å². The molecule has 1 unspecified atom stereocenters. The zero-order valence-electron chi connectivity index (χ0n) is 12.2. The topological polar surface area (TPSA) is 55.5 Å². The minimum Gasteiger partial charge on any atom is -0.457 e. The van der Waals surface area contributed by atoms with Gasteiger partial charge in [0.15, 0.2) is 0 Å². The van der Waals surface area contributed by atoms with Gasteiger partial charge in [0.1, 0.15) is 11.5 Å². The molecule has 0 aliphatic carbocycles. The second-order valence-electron chi connectivity index (χ2n) is 5.37. The number of aliphatic hydroxyl groups is 1. The molecule has 0 bridgehead atoms. The quantitative estimate of drug-likeness (QED) is 0.897. The molecule has 0 saturated heterocycles. The number of ether oxygens (including phenoxy) is 1. The van der Waals surface area contributed by atoms with Crippen LogP contribution in [-0.4, -0.2) is 11.7 Å². The smallest absolute Gasteiger partial charge is 0.130 e. The Kier molecular flexibility index (Phi) is 4.12. The Bertz CT molecular complexity index is 588. The van der Waals surface area contributed by atoms with Gasteiger partial charge in [-0.1, -0.05) is 24.3 Å². The average Bonchev–Trinajstić information content (AvgIpc) is 2.43. The van der Waals surface area contributed by atoms with Crippen molar-refractivity contribution in [2.24, 2.45) is 5.73 Å². The van der Waals surface area contributed by atoms with Gasteiger partial charge in [-0.3, -0.25) is 0 Å². The van der Waals surface area contributed by atoms with Gasteiger partial charge in [-0.25, -0.2) is 0 Å². The molecule has 1 atom stereocenters. The molecule has 0 spiro atoms. The number of nitrogens with two attached hydrogens (primary N) is 1. The van der Waals surface area contributed by atoms with Crippen molar-refractivity contribution in [1.29, 1.82) is 0 Å². The van der Waals surface area contributed by atoms with Crippen molar-refractivity contribution in [2.45, 2.75) is 26.4 Å². The molecule has 0 amide bonds. The van der Waals surface area contributed by atoms with Crippen LogP contribution >= 0.6 is 0 Å². The Hall–Kier alpha value is -1.84. The molecule has 3 N–H and O–H groups in total. The summed E-state index contributed by atoms with van der Waals surface area (Å²) in [5.74, 6) is 1.60. The van der Waals surface area contributed by atoms with Gasteiger partial charge in [-0.15, -0.1) is 0 Å². The number of aryl methyl sites for hydroxylation is 2. The van der Waals surface area contributed by atoms with Crippen molar-refractivity contribution in [3.8, 4) is 11.5 Å². The van der Waals surface area contributed by atoms with Crippen LogP contribution in [0.15, 0.2) is 42.5 Å². The monoisotopic (exact) mass is 271 g/mol. The summed E-state index contributed by atoms with van der Waals surface area (Å²) in [4.78, 5) is 0. The maximum Gasteiger partial charge on any atom is 0.130 e. The summed E-state index contributed by atoms with van der Waals surface area (Å²) in [6.45, 7) is 5.94. The van der Waals surface area contributed by atoms with Gasteiger partial charge in [-0.2, -0.15) is 0 Å². The van der Waals surface area contributed by atoms with Gasteiger partial charge in [0.25, 0.3) is 0 Å². The third-order valence-electron chi connectivity index (χ3n) is 3.45. The van der Waals surface area contributed by atoms with Crippen LogP contribution in [0.4, 0.5) is 0 Å². The van der Waals surface area contributed by atoms with E-state index in [1.165, 1.54) is 0 Å². The lowest BCUT2D eigenvalue weighted by atomic mass is 9.96. The van der Waals surface area contributed by atoms with E-state index in [2.05, 4.69) is 6.07 Å². The van der Waals surface area contributed by atoms with Gasteiger partial charge in [0.2, 0.25) is 0 Å². The Morgan fingerprint density at radius 3 is 2.35 bits per heavy atom. The predicted octanol–water partition coefficient (Wildman–Crippen LogP) is 3.26. The number of benzene rings is 2. The van der Waals surface area contributed by atoms with Crippen LogP contribution in [0.25, 0.3) is 0 Å². The standard InChI is InChI=1S/C17H21NO2/c1-12-4-5-13(2)16(10-12)20-15-8-6-14(7-9-15)17(3,19)11-18/h4-10,19H,11,18H2,1-3H3. The molecule has 3 heteroatoms. The largest absolute Gasteiger partial charge is 0.457 e. The zero-order valence-corrected chi connectivity index (χ0v) is 12.2. The molecule has 2 aromatic carbocycles. The van der Waals surface area contributed by atoms with E-state index in [9.17, 15) is 5.11 Å². The van der Waals surface area contributed by atoms with Crippen LogP contribution in [0.5, 0.6) is 11.5 Å². The fourth-order valence-corrected chi connectivity index (χ4v) is 1.94. The summed E-state index contributed by atoms with van der Waals surface area (Å²) in [6, 6.07) is 13.5. The van der Waals surface area contributed by atoms with Crippen LogP contribution in [-0.2, 0) is 5.60 Å². The van der Waals surface area contributed by atoms with Gasteiger partial charge in [-0.05, 0) is 55.7 Å². The fourth-order valence-electron chi connectivity index (χ4n) is 1.94. The summed E-state index contributed by atoms with van der Waals surface area (Å²) >= 11 is 0. The third-order valence-corrected chi connectivity index (χ3v) is 3.45. The van der Waals surface area contributed by atoms with Gasteiger partial charge in [0, 0.05) is 6.54 Å². The highest BCUT2D eigenvalue weighted by Crippen LogP contribution is 2.28. The molecule has 20 heavy (non-hydrogen) atoms. The Labute approximate surface area is 120 Å². The van der Waals surface area contributed by atoms with Crippen molar-refractivity contribution in [3.63, 3.8) is 0 Å². The lowest BCUT2D eigenvalue weighted by Gasteiger charge is -2.21. The van der Waals surface area contributed by atoms with E-state index in [4.69, 9.17) is 10.5 Å². The Morgan fingerprint density at radius 1 is 1.10 bits per heavy atom. The van der Waals surface area contributed by atoms with Crippen molar-refractivity contribution in [3.05, 3.63) is 59.2 Å². The summed E-state index contributed by atoms with van der Waals surface area (Å²) in [5, 5.41) is 10.1. The molecule has 106 valence electrons. The Balaban J connectivity index is 2.21. The second kappa shape index (κ2) is 5.65. The molecular formula is C17H21NO2. The van der Waals surface area contributed by atoms with Crippen LogP contribution in [0.2, 0.25) is 0 Å². The highest BCUT2D eigenvalue weighted by molar-refractivity contribution is 5.40. The maximum absolute atomic E-state index is 10.1. The van der Waals surface area contributed by atoms with Gasteiger partial charge in [0.05, 0.1) is 5.60 Å². The van der Waals surface area contributed by atoms with E-state index in [0.717, 1.165) is 28.2 Å². The molecule has 2 aromatic rings. The number of hydrogen-bond acceptors (Lipinski definition) is 3. The highest BCUT2D eigenvalue weighted by Gasteiger charge is 2.20. The van der Waals surface area contributed by atoms with Gasteiger partial charge >= 0.3 is 0 Å². The van der Waals surface area contributed by atoms with Crippen LogP contribution in [0.3, 0.4) is 0 Å². The molecule has 3 nitrogen and oxygen atoms in total. The van der Waals surface area contributed by atoms with E-state index in [-0.39, 0.29) is 6.54 Å². The molecule has 0 saturated carbocycles. The summed E-state index contributed by atoms with van der Waals surface area (Å²) in [6.07, 6.45) is 0. The first-order valence-corrected chi connectivity index (χ1v) is 6.70. The molecule has 0 aliphatic heterocycles. The van der Waals surface area contributed by atoms with Crippen LogP contribution in [0, 0.1) is 13.8 Å². The first-order chi connectivity index (χ1) is 9.42. The minimum absolute atomic E-state index is 0.185. The maximum atomic E-state index is 10.1. The molecule has 0 aromatic heterocycles.